The molecule has 1 atom stereocenters. The van der Waals surface area contributed by atoms with Gasteiger partial charge in [0.15, 0.2) is 15.2 Å². The maximum Gasteiger partial charge on any atom is 0.349 e. The van der Waals surface area contributed by atoms with Crippen molar-refractivity contribution in [3.63, 3.8) is 0 Å². The van der Waals surface area contributed by atoms with Gasteiger partial charge in [0.25, 0.3) is 0 Å². The van der Waals surface area contributed by atoms with E-state index in [-0.39, 0.29) is 10.0 Å². The summed E-state index contributed by atoms with van der Waals surface area (Å²) in [7, 11) is 4.07. The van der Waals surface area contributed by atoms with Crippen LogP contribution in [0.5, 0.6) is 0 Å². The first-order valence-electron chi connectivity index (χ1n) is 5.80. The summed E-state index contributed by atoms with van der Waals surface area (Å²) in [6, 6.07) is 0.392. The lowest BCUT2D eigenvalue weighted by Crippen LogP contribution is -2.37. The van der Waals surface area contributed by atoms with Gasteiger partial charge in [0.1, 0.15) is 0 Å². The largest absolute Gasteiger partial charge is 0.477 e. The van der Waals surface area contributed by atoms with E-state index >= 15 is 0 Å². The predicted molar refractivity (Wildman–Crippen MR) is 73.0 cm³/mol. The number of carbonyl (C=O) groups is 1. The van der Waals surface area contributed by atoms with E-state index < -0.39 is 5.97 Å². The van der Waals surface area contributed by atoms with Crippen LogP contribution in [-0.4, -0.2) is 54.2 Å². The molecule has 1 N–H and O–H groups in total. The zero-order valence-electron chi connectivity index (χ0n) is 10.4. The van der Waals surface area contributed by atoms with Gasteiger partial charge in [-0.15, -0.1) is 0 Å². The van der Waals surface area contributed by atoms with Crippen molar-refractivity contribution in [2.24, 2.45) is 0 Å². The summed E-state index contributed by atoms with van der Waals surface area (Å²) >= 11 is 7.01. The van der Waals surface area contributed by atoms with E-state index in [1.165, 1.54) is 0 Å². The number of hydrogen-bond donors (Lipinski definition) is 1. The van der Waals surface area contributed by atoms with Crippen LogP contribution in [0.25, 0.3) is 0 Å². The van der Waals surface area contributed by atoms with E-state index in [4.69, 9.17) is 16.7 Å². The fraction of sp³-hybridized carbons (Fsp3) is 0.636. The molecule has 1 aliphatic rings. The smallest absolute Gasteiger partial charge is 0.349 e. The van der Waals surface area contributed by atoms with Gasteiger partial charge in [-0.3, -0.25) is 0 Å². The van der Waals surface area contributed by atoms with Gasteiger partial charge in [-0.1, -0.05) is 22.9 Å². The van der Waals surface area contributed by atoms with Gasteiger partial charge < -0.3 is 14.9 Å². The van der Waals surface area contributed by atoms with Gasteiger partial charge in [0, 0.05) is 19.1 Å². The molecule has 2 heterocycles. The van der Waals surface area contributed by atoms with Crippen LogP contribution in [0.1, 0.15) is 22.5 Å². The molecular weight excluding hydrogens is 274 g/mol. The van der Waals surface area contributed by atoms with Crippen molar-refractivity contribution >= 4 is 34.0 Å². The van der Waals surface area contributed by atoms with Crippen LogP contribution in [0.15, 0.2) is 0 Å². The normalized spacial score (nSPS) is 19.8. The van der Waals surface area contributed by atoms with E-state index in [2.05, 4.69) is 14.8 Å². The number of likely N-dealkylation sites (N-methyl/N-ethyl adjacent to an activating group) is 1. The number of thiazole rings is 1. The number of anilines is 1. The quantitative estimate of drug-likeness (QED) is 0.919. The van der Waals surface area contributed by atoms with Crippen molar-refractivity contribution in [2.45, 2.75) is 18.9 Å². The minimum Gasteiger partial charge on any atom is -0.477 e. The van der Waals surface area contributed by atoms with Crippen LogP contribution in [0.2, 0.25) is 5.15 Å². The third kappa shape index (κ3) is 2.76. The third-order valence-electron chi connectivity index (χ3n) is 2.97. The lowest BCUT2D eigenvalue weighted by Gasteiger charge is -2.26. The van der Waals surface area contributed by atoms with Crippen molar-refractivity contribution in [3.8, 4) is 0 Å². The topological polar surface area (TPSA) is 56.7 Å². The Kier molecular flexibility index (Phi) is 4.09. The van der Waals surface area contributed by atoms with Crippen LogP contribution in [0.4, 0.5) is 5.13 Å². The van der Waals surface area contributed by atoms with Gasteiger partial charge in [-0.2, -0.15) is 0 Å². The number of halogens is 1. The van der Waals surface area contributed by atoms with E-state index in [1.807, 2.05) is 14.1 Å². The molecule has 1 fully saturated rings. The molecule has 1 aromatic rings. The highest BCUT2D eigenvalue weighted by atomic mass is 35.5. The average molecular weight is 290 g/mol. The summed E-state index contributed by atoms with van der Waals surface area (Å²) in [5.41, 5.74) is 0. The second kappa shape index (κ2) is 5.42. The first-order valence-corrected chi connectivity index (χ1v) is 6.99. The average Bonchev–Trinajstić information content (AvgIpc) is 2.83. The first kappa shape index (κ1) is 13.6. The lowest BCUT2D eigenvalue weighted by atomic mass is 10.2. The van der Waals surface area contributed by atoms with Crippen molar-refractivity contribution in [1.82, 2.24) is 9.88 Å². The molecule has 0 amide bonds. The van der Waals surface area contributed by atoms with Crippen molar-refractivity contribution in [3.05, 3.63) is 10.0 Å². The predicted octanol–water partition coefficient (Wildman–Crippen LogP) is 2.03. The summed E-state index contributed by atoms with van der Waals surface area (Å²) in [6.07, 6.45) is 2.22. The van der Waals surface area contributed by atoms with Crippen molar-refractivity contribution < 1.29 is 9.90 Å². The summed E-state index contributed by atoms with van der Waals surface area (Å²) in [5.74, 6) is -1.01. The Morgan fingerprint density at radius 3 is 2.94 bits per heavy atom. The molecule has 1 saturated heterocycles. The minimum absolute atomic E-state index is 0.0954. The number of rotatable bonds is 4. The molecule has 2 rings (SSSR count). The number of carboxylic acid groups (broad SMARTS) is 1. The van der Waals surface area contributed by atoms with E-state index in [0.29, 0.717) is 6.04 Å². The van der Waals surface area contributed by atoms with Crippen molar-refractivity contribution in [1.29, 1.82) is 0 Å². The first-order chi connectivity index (χ1) is 8.49. The number of aromatic nitrogens is 1. The van der Waals surface area contributed by atoms with Crippen LogP contribution in [0, 0.1) is 0 Å². The molecule has 100 valence electrons. The second-order valence-corrected chi connectivity index (χ2v) is 6.01. The molecule has 0 radical (unpaired) electrons. The van der Waals surface area contributed by atoms with Gasteiger partial charge >= 0.3 is 5.97 Å². The SMILES string of the molecule is CN(C)CC1CCCN1c1nc(Cl)c(C(=O)O)s1. The highest BCUT2D eigenvalue weighted by Gasteiger charge is 2.29. The van der Waals surface area contributed by atoms with Gasteiger partial charge in [0.05, 0.1) is 0 Å². The summed E-state index contributed by atoms with van der Waals surface area (Å²) in [5, 5.41) is 9.81. The Balaban J connectivity index is 2.20. The van der Waals surface area contributed by atoms with Crippen LogP contribution in [0.3, 0.4) is 0 Å². The number of aromatic carboxylic acids is 1. The fourth-order valence-electron chi connectivity index (χ4n) is 2.24. The molecule has 0 saturated carbocycles. The Hall–Kier alpha value is -0.850. The molecule has 1 aromatic heterocycles. The molecule has 5 nitrogen and oxygen atoms in total. The molecule has 18 heavy (non-hydrogen) atoms. The Morgan fingerprint density at radius 2 is 2.39 bits per heavy atom. The molecule has 1 aliphatic heterocycles. The zero-order valence-corrected chi connectivity index (χ0v) is 12.0. The second-order valence-electron chi connectivity index (χ2n) is 4.67. The highest BCUT2D eigenvalue weighted by molar-refractivity contribution is 7.18. The van der Waals surface area contributed by atoms with E-state index in [9.17, 15) is 4.79 Å². The monoisotopic (exact) mass is 289 g/mol. The molecule has 7 heteroatoms. The molecule has 0 spiro atoms. The Bertz CT molecular complexity index is 449. The maximum atomic E-state index is 11.0. The molecule has 0 aliphatic carbocycles. The zero-order chi connectivity index (χ0) is 13.3. The number of nitrogens with zero attached hydrogens (tertiary/aromatic N) is 3. The molecule has 0 aromatic carbocycles. The Labute approximate surface area is 115 Å². The molecule has 0 bridgehead atoms. The Morgan fingerprint density at radius 1 is 1.67 bits per heavy atom. The molecular formula is C11H16ClN3O2S. The highest BCUT2D eigenvalue weighted by Crippen LogP contribution is 2.33. The van der Waals surface area contributed by atoms with Crippen LogP contribution in [-0.2, 0) is 0 Å². The van der Waals surface area contributed by atoms with Crippen LogP contribution >= 0.6 is 22.9 Å². The summed E-state index contributed by atoms with van der Waals surface area (Å²) < 4.78 is 0. The standard InChI is InChI=1S/C11H16ClN3O2S/c1-14(2)6-7-4-3-5-15(7)11-13-9(12)8(18-11)10(16)17/h7H,3-6H2,1-2H3,(H,16,17). The summed E-state index contributed by atoms with van der Waals surface area (Å²) in [6.45, 7) is 1.86. The van der Waals surface area contributed by atoms with Gasteiger partial charge in [-0.05, 0) is 26.9 Å². The van der Waals surface area contributed by atoms with Gasteiger partial charge in [-0.25, -0.2) is 9.78 Å². The van der Waals surface area contributed by atoms with E-state index in [1.54, 1.807) is 0 Å². The van der Waals surface area contributed by atoms with Crippen LogP contribution < -0.4 is 4.90 Å². The van der Waals surface area contributed by atoms with E-state index in [0.717, 1.165) is 42.4 Å². The van der Waals surface area contributed by atoms with Crippen molar-refractivity contribution in [2.75, 3.05) is 32.1 Å². The number of hydrogen-bond acceptors (Lipinski definition) is 5. The molecule has 1 unspecified atom stereocenters. The third-order valence-corrected chi connectivity index (χ3v) is 4.43. The maximum absolute atomic E-state index is 11.0. The lowest BCUT2D eigenvalue weighted by molar-refractivity contribution is 0.0702. The fourth-order valence-corrected chi connectivity index (χ4v) is 3.47. The minimum atomic E-state index is -1.01. The number of carboxylic acids is 1. The van der Waals surface area contributed by atoms with Gasteiger partial charge in [0.2, 0.25) is 0 Å². The summed E-state index contributed by atoms with van der Waals surface area (Å²) in [4.78, 5) is 19.6.